The molecule has 0 spiro atoms. The Morgan fingerprint density at radius 3 is 0.182 bits per heavy atom. The van der Waals surface area contributed by atoms with Crippen LogP contribution in [0.25, 0.3) is 0 Å². The highest BCUT2D eigenvalue weighted by Crippen LogP contribution is 2.20. The molecule has 0 amide bonds. The van der Waals surface area contributed by atoms with E-state index in [1.807, 2.05) is 138 Å². The third kappa shape index (κ3) is 3680. The van der Waals surface area contributed by atoms with Gasteiger partial charge in [0.1, 0.15) is 0 Å². The Labute approximate surface area is 587 Å². The maximum absolute atomic E-state index is 2.27. The van der Waals surface area contributed by atoms with Crippen LogP contribution in [0.5, 0.6) is 0 Å². The van der Waals surface area contributed by atoms with Crippen LogP contribution >= 0.6 is 0 Å². The van der Waals surface area contributed by atoms with E-state index in [4.69, 9.17) is 0 Å². The Kier molecular flexibility index (Phi) is 207. The van der Waals surface area contributed by atoms with Crippen molar-refractivity contribution in [2.24, 2.45) is 65.0 Å². The summed E-state index contributed by atoms with van der Waals surface area (Å²) in [5, 5.41) is 0. The van der Waals surface area contributed by atoms with Gasteiger partial charge in [0.05, 0.1) is 0 Å². The number of hydrogen-bond donors (Lipinski definition) is 0. The minimum atomic E-state index is 0. The molecule has 0 aliphatic heterocycles. The van der Waals surface area contributed by atoms with Gasteiger partial charge in [-0.2, -0.15) is 0 Å². The van der Waals surface area contributed by atoms with Crippen molar-refractivity contribution in [2.75, 3.05) is 0 Å². The van der Waals surface area contributed by atoms with Gasteiger partial charge >= 0.3 is 0 Å². The van der Waals surface area contributed by atoms with E-state index in [0.717, 1.165) is 0 Å². The summed E-state index contributed by atoms with van der Waals surface area (Å²) >= 11 is 0. The molecular weight excluding hydrogens is 1060 g/mol. The lowest BCUT2D eigenvalue weighted by molar-refractivity contribution is 0.373. The lowest BCUT2D eigenvalue weighted by Crippen LogP contribution is -2.02. The quantitative estimate of drug-likeness (QED) is 0.245. The summed E-state index contributed by atoms with van der Waals surface area (Å²) in [5.74, 6) is 0. The van der Waals surface area contributed by atoms with Crippen molar-refractivity contribution >= 4 is 0 Å². The van der Waals surface area contributed by atoms with Gasteiger partial charge in [-0.3, -0.25) is 0 Å². The first-order valence-corrected chi connectivity index (χ1v) is 36.7. The van der Waals surface area contributed by atoms with E-state index in [-0.39, 0.29) is 22.3 Å². The van der Waals surface area contributed by atoms with Gasteiger partial charge in [0.25, 0.3) is 0 Å². The molecule has 0 heteroatoms. The van der Waals surface area contributed by atoms with Gasteiger partial charge in [0.15, 0.2) is 0 Å². The minimum absolute atomic E-state index is 0. The van der Waals surface area contributed by atoms with Crippen LogP contribution in [0, 0.1) is 65.0 Å². The second-order valence-corrected chi connectivity index (χ2v) is 36.1. The molecule has 0 aromatic heterocycles. The molecule has 578 valence electrons. The van der Waals surface area contributed by atoms with Crippen molar-refractivity contribution in [3.63, 3.8) is 0 Å². The standard InChI is InChI=1S/C7H16.3C6H14.8C5H12.10C2H6.3CH4/c1-5-6-7(2,3)4;3*1-5-6(2,3)4;8*1-5(2,3)4;10*1-2;;;/h5-6H2,1-4H3;3*5H2,1-4H3;8*1-4H3;10*1-2H3;3*1H4. The molecule has 0 aromatic rings. The predicted octanol–water partition coefficient (Wildman–Crippen LogP) is 38.7. The predicted molar refractivity (Wildman–Crippen MR) is 458 cm³/mol. The van der Waals surface area contributed by atoms with E-state index in [1.54, 1.807) is 0 Å². The zero-order valence-electron chi connectivity index (χ0n) is 77.5. The third-order valence-corrected chi connectivity index (χ3v) is 4.18. The summed E-state index contributed by atoms with van der Waals surface area (Å²) in [5.41, 5.74) is 6.18. The van der Waals surface area contributed by atoms with Crippen LogP contribution in [-0.4, -0.2) is 0 Å². The van der Waals surface area contributed by atoms with Crippen molar-refractivity contribution in [1.82, 2.24) is 0 Å². The monoisotopic (exact) mass is 1280 g/mol. The Morgan fingerprint density at radius 2 is 0.182 bits per heavy atom. The Balaban J connectivity index is -0.0000000208. The zero-order valence-corrected chi connectivity index (χ0v) is 77.5. The van der Waals surface area contributed by atoms with E-state index in [2.05, 4.69) is 332 Å². The molecule has 0 unspecified atom stereocenters. The van der Waals surface area contributed by atoms with Gasteiger partial charge in [-0.1, -0.05) is 519 Å². The highest BCUT2D eigenvalue weighted by atomic mass is 14.1. The summed E-state index contributed by atoms with van der Waals surface area (Å²) in [6.07, 6.45) is 6.46. The molecular formula is C88H226. The summed E-state index contributed by atoms with van der Waals surface area (Å²) in [6, 6.07) is 0. The highest BCUT2D eigenvalue weighted by molar-refractivity contribution is 4.59. The Hall–Kier alpha value is 0. The topological polar surface area (TPSA) is 0 Å². The third-order valence-electron chi connectivity index (χ3n) is 4.18. The fourth-order valence-corrected chi connectivity index (χ4v) is 0.750. The van der Waals surface area contributed by atoms with E-state index in [1.165, 1.54) is 32.1 Å². The molecule has 0 saturated heterocycles. The lowest BCUT2D eigenvalue weighted by Gasteiger charge is -2.15. The van der Waals surface area contributed by atoms with Crippen LogP contribution in [-0.2, 0) is 0 Å². The van der Waals surface area contributed by atoms with Crippen molar-refractivity contribution < 1.29 is 0 Å². The van der Waals surface area contributed by atoms with Crippen LogP contribution in [0.15, 0.2) is 0 Å². The van der Waals surface area contributed by atoms with Crippen LogP contribution in [0.4, 0.5) is 0 Å². The Bertz CT molecular complexity index is 626. The maximum atomic E-state index is 2.27. The zero-order chi connectivity index (χ0) is 77.5. The fourth-order valence-electron chi connectivity index (χ4n) is 0.750. The second-order valence-electron chi connectivity index (χ2n) is 36.1. The lowest BCUT2D eigenvalue weighted by atomic mass is 9.91. The molecule has 0 aromatic carbocycles. The molecule has 0 saturated carbocycles. The van der Waals surface area contributed by atoms with Gasteiger partial charge < -0.3 is 0 Å². The highest BCUT2D eigenvalue weighted by Gasteiger charge is 2.07. The minimum Gasteiger partial charge on any atom is -0.0776 e. The van der Waals surface area contributed by atoms with E-state index in [9.17, 15) is 0 Å². The first-order chi connectivity index (χ1) is 36.7. The molecule has 0 fully saturated rings. The Morgan fingerprint density at radius 1 is 0.136 bits per heavy atom. The molecule has 0 bridgehead atoms. The fraction of sp³-hybridized carbons (Fsp3) is 1.00. The molecule has 0 rings (SSSR count). The van der Waals surface area contributed by atoms with Crippen molar-refractivity contribution in [3.05, 3.63) is 0 Å². The SMILES string of the molecule is C.C.C.CC.CC.CC.CC.CC.CC.CC.CC.CC.CC.CC(C)(C)C.CC(C)(C)C.CC(C)(C)C.CC(C)(C)C.CC(C)(C)C.CC(C)(C)C.CC(C)(C)C.CC(C)(C)C.CCC(C)(C)C.CCC(C)(C)C.CCC(C)(C)C.CCCC(C)(C)C. The summed E-state index contributed by atoms with van der Waals surface area (Å²) in [4.78, 5) is 0. The second kappa shape index (κ2) is 109. The molecule has 0 radical (unpaired) electrons. The smallest absolute Gasteiger partial charge is 0.0383 e. The van der Waals surface area contributed by atoms with Crippen LogP contribution in [0.1, 0.15) is 525 Å². The first kappa shape index (κ1) is 168. The maximum Gasteiger partial charge on any atom is -0.0383 e. The van der Waals surface area contributed by atoms with Crippen molar-refractivity contribution in [2.45, 2.75) is 525 Å². The molecule has 0 aliphatic carbocycles. The average molecular weight is 1280 g/mol. The van der Waals surface area contributed by atoms with Crippen LogP contribution < -0.4 is 0 Å². The van der Waals surface area contributed by atoms with Crippen molar-refractivity contribution in [1.29, 1.82) is 0 Å². The normalized spacial score (nSPS) is 9.55. The molecule has 0 atom stereocenters. The summed E-state index contributed by atoms with van der Waals surface area (Å²) in [7, 11) is 0. The van der Waals surface area contributed by atoms with Crippen LogP contribution in [0.3, 0.4) is 0 Å². The van der Waals surface area contributed by atoms with E-state index in [0.29, 0.717) is 65.0 Å². The van der Waals surface area contributed by atoms with Gasteiger partial charge in [0, 0.05) is 0 Å². The number of rotatable bonds is 1. The molecule has 0 N–H and O–H groups in total. The van der Waals surface area contributed by atoms with Gasteiger partial charge in [-0.15, -0.1) is 0 Å². The van der Waals surface area contributed by atoms with Gasteiger partial charge in [0.2, 0.25) is 0 Å². The average Bonchev–Trinajstić information content (AvgIpc) is 3.26. The molecule has 88 heavy (non-hydrogen) atoms. The first-order valence-electron chi connectivity index (χ1n) is 36.7. The van der Waals surface area contributed by atoms with Crippen molar-refractivity contribution in [3.8, 4) is 0 Å². The summed E-state index contributed by atoms with van der Waals surface area (Å²) in [6.45, 7) is 146. The largest absolute Gasteiger partial charge is 0.0776 e. The molecule has 0 nitrogen and oxygen atoms in total. The van der Waals surface area contributed by atoms with Crippen LogP contribution in [0.2, 0.25) is 0 Å². The number of hydrogen-bond acceptors (Lipinski definition) is 0. The summed E-state index contributed by atoms with van der Waals surface area (Å²) < 4.78 is 0. The van der Waals surface area contributed by atoms with Gasteiger partial charge in [-0.25, -0.2) is 0 Å². The van der Waals surface area contributed by atoms with E-state index < -0.39 is 0 Å². The van der Waals surface area contributed by atoms with Gasteiger partial charge in [-0.05, 0) is 71.4 Å². The van der Waals surface area contributed by atoms with E-state index >= 15 is 0 Å². The molecule has 0 aliphatic rings. The molecule has 0 heterocycles.